The molecule has 2 N–H and O–H groups in total. The maximum atomic E-state index is 11.5. The molecular formula is C12H17NO3. The van der Waals surface area contributed by atoms with E-state index in [2.05, 4.69) is 5.32 Å². The molecule has 0 unspecified atom stereocenters. The number of amides is 1. The normalized spacial score (nSPS) is 10.5. The van der Waals surface area contributed by atoms with Crippen molar-refractivity contribution >= 4 is 11.6 Å². The molecule has 0 saturated heterocycles. The molecule has 4 heteroatoms. The predicted octanol–water partition coefficient (Wildman–Crippen LogP) is 2.06. The van der Waals surface area contributed by atoms with Gasteiger partial charge in [0, 0.05) is 11.3 Å². The van der Waals surface area contributed by atoms with E-state index in [4.69, 9.17) is 4.74 Å². The van der Waals surface area contributed by atoms with E-state index in [0.717, 1.165) is 0 Å². The maximum absolute atomic E-state index is 11.5. The number of carbonyl (C=O) groups excluding carboxylic acids is 1. The molecule has 0 bridgehead atoms. The molecule has 0 aliphatic carbocycles. The summed E-state index contributed by atoms with van der Waals surface area (Å²) in [6.45, 7) is 5.50. The molecule has 1 rings (SSSR count). The third-order valence-corrected chi connectivity index (χ3v) is 2.13. The molecule has 0 aliphatic rings. The Morgan fingerprint density at radius 1 is 1.50 bits per heavy atom. The molecule has 0 atom stereocenters. The van der Waals surface area contributed by atoms with Crippen LogP contribution < -0.4 is 5.32 Å². The molecule has 1 aromatic rings. The Balaban J connectivity index is 2.59. The van der Waals surface area contributed by atoms with E-state index in [1.165, 1.54) is 0 Å². The minimum atomic E-state index is -0.220. The van der Waals surface area contributed by atoms with Crippen LogP contribution in [0.5, 0.6) is 5.75 Å². The Hall–Kier alpha value is -1.55. The van der Waals surface area contributed by atoms with E-state index in [1.54, 1.807) is 25.1 Å². The van der Waals surface area contributed by atoms with Crippen LogP contribution in [0.1, 0.15) is 19.4 Å². The lowest BCUT2D eigenvalue weighted by Crippen LogP contribution is -2.21. The van der Waals surface area contributed by atoms with Gasteiger partial charge in [-0.25, -0.2) is 0 Å². The van der Waals surface area contributed by atoms with Gasteiger partial charge in [-0.1, -0.05) is 6.07 Å². The number of aromatic hydroxyl groups is 1. The lowest BCUT2D eigenvalue weighted by Gasteiger charge is -2.10. The summed E-state index contributed by atoms with van der Waals surface area (Å²) in [5, 5.41) is 12.1. The van der Waals surface area contributed by atoms with Gasteiger partial charge in [-0.3, -0.25) is 4.79 Å². The van der Waals surface area contributed by atoms with E-state index in [9.17, 15) is 9.90 Å². The first-order valence-electron chi connectivity index (χ1n) is 5.20. The topological polar surface area (TPSA) is 58.6 Å². The Morgan fingerprint density at radius 3 is 2.81 bits per heavy atom. The van der Waals surface area contributed by atoms with Gasteiger partial charge in [0.2, 0.25) is 5.91 Å². The summed E-state index contributed by atoms with van der Waals surface area (Å²) in [5.74, 6) is -0.0509. The fourth-order valence-electron chi connectivity index (χ4n) is 1.19. The van der Waals surface area contributed by atoms with Gasteiger partial charge in [-0.05, 0) is 32.9 Å². The monoisotopic (exact) mass is 223 g/mol. The third-order valence-electron chi connectivity index (χ3n) is 2.13. The van der Waals surface area contributed by atoms with E-state index in [1.807, 2.05) is 13.8 Å². The van der Waals surface area contributed by atoms with Crippen molar-refractivity contribution in [2.45, 2.75) is 26.9 Å². The van der Waals surface area contributed by atoms with Crippen molar-refractivity contribution in [2.75, 3.05) is 11.9 Å². The largest absolute Gasteiger partial charge is 0.508 e. The molecule has 0 saturated carbocycles. The zero-order valence-corrected chi connectivity index (χ0v) is 9.78. The molecule has 1 aromatic carbocycles. The Morgan fingerprint density at radius 2 is 2.19 bits per heavy atom. The number of hydrogen-bond acceptors (Lipinski definition) is 3. The molecule has 0 radical (unpaired) electrons. The second-order valence-corrected chi connectivity index (χ2v) is 3.86. The minimum Gasteiger partial charge on any atom is -0.508 e. The first-order chi connectivity index (χ1) is 7.50. The first-order valence-corrected chi connectivity index (χ1v) is 5.20. The van der Waals surface area contributed by atoms with E-state index >= 15 is 0 Å². The third kappa shape index (κ3) is 3.55. The second-order valence-electron chi connectivity index (χ2n) is 3.86. The summed E-state index contributed by atoms with van der Waals surface area (Å²) < 4.78 is 5.17. The summed E-state index contributed by atoms with van der Waals surface area (Å²) in [5.41, 5.74) is 1.26. The summed E-state index contributed by atoms with van der Waals surface area (Å²) in [6.07, 6.45) is 0.0241. The van der Waals surface area contributed by atoms with Gasteiger partial charge in [0.25, 0.3) is 0 Å². The lowest BCUT2D eigenvalue weighted by molar-refractivity contribution is -0.121. The van der Waals surface area contributed by atoms with Crippen molar-refractivity contribution in [1.82, 2.24) is 0 Å². The molecule has 0 aliphatic heterocycles. The standard InChI is InChI=1S/C12H17NO3/c1-8(2)16-7-12(15)13-10-5-4-6-11(14)9(10)3/h4-6,8,14H,7H2,1-3H3,(H,13,15). The van der Waals surface area contributed by atoms with Crippen molar-refractivity contribution in [3.05, 3.63) is 23.8 Å². The molecule has 0 aromatic heterocycles. The van der Waals surface area contributed by atoms with Crippen LogP contribution in [0.4, 0.5) is 5.69 Å². The second kappa shape index (κ2) is 5.51. The number of carbonyl (C=O) groups is 1. The predicted molar refractivity (Wildman–Crippen MR) is 62.6 cm³/mol. The summed E-state index contributed by atoms with van der Waals surface area (Å²) in [4.78, 5) is 11.5. The highest BCUT2D eigenvalue weighted by molar-refractivity contribution is 5.92. The number of anilines is 1. The highest BCUT2D eigenvalue weighted by atomic mass is 16.5. The van der Waals surface area contributed by atoms with Gasteiger partial charge in [-0.15, -0.1) is 0 Å². The van der Waals surface area contributed by atoms with Crippen molar-refractivity contribution in [3.8, 4) is 5.75 Å². The Labute approximate surface area is 95.2 Å². The van der Waals surface area contributed by atoms with Gasteiger partial charge in [0.1, 0.15) is 12.4 Å². The van der Waals surface area contributed by atoms with Gasteiger partial charge >= 0.3 is 0 Å². The van der Waals surface area contributed by atoms with E-state index in [0.29, 0.717) is 11.3 Å². The van der Waals surface area contributed by atoms with Crippen LogP contribution >= 0.6 is 0 Å². The summed E-state index contributed by atoms with van der Waals surface area (Å²) >= 11 is 0. The molecule has 0 heterocycles. The van der Waals surface area contributed by atoms with Crippen LogP contribution in [0, 0.1) is 6.92 Å². The van der Waals surface area contributed by atoms with Crippen LogP contribution in [0.3, 0.4) is 0 Å². The average Bonchev–Trinajstić information content (AvgIpc) is 2.22. The smallest absolute Gasteiger partial charge is 0.250 e. The van der Waals surface area contributed by atoms with E-state index < -0.39 is 0 Å². The molecule has 0 fully saturated rings. The number of ether oxygens (including phenoxy) is 1. The van der Waals surface area contributed by atoms with Crippen LogP contribution in [-0.2, 0) is 9.53 Å². The van der Waals surface area contributed by atoms with Gasteiger partial charge in [-0.2, -0.15) is 0 Å². The van der Waals surface area contributed by atoms with Crippen molar-refractivity contribution in [2.24, 2.45) is 0 Å². The number of phenolic OH excluding ortho intramolecular Hbond substituents is 1. The molecular weight excluding hydrogens is 206 g/mol. The van der Waals surface area contributed by atoms with Crippen LogP contribution in [0.2, 0.25) is 0 Å². The molecule has 88 valence electrons. The highest BCUT2D eigenvalue weighted by Crippen LogP contribution is 2.23. The fraction of sp³-hybridized carbons (Fsp3) is 0.417. The number of rotatable bonds is 4. The number of hydrogen-bond donors (Lipinski definition) is 2. The number of benzene rings is 1. The molecule has 0 spiro atoms. The fourth-order valence-corrected chi connectivity index (χ4v) is 1.19. The summed E-state index contributed by atoms with van der Waals surface area (Å²) in [7, 11) is 0. The zero-order chi connectivity index (χ0) is 12.1. The van der Waals surface area contributed by atoms with Crippen LogP contribution in [0.15, 0.2) is 18.2 Å². The highest BCUT2D eigenvalue weighted by Gasteiger charge is 2.07. The Bertz CT molecular complexity index is 375. The zero-order valence-electron chi connectivity index (χ0n) is 9.78. The van der Waals surface area contributed by atoms with E-state index in [-0.39, 0.29) is 24.4 Å². The first kappa shape index (κ1) is 12.5. The lowest BCUT2D eigenvalue weighted by atomic mass is 10.2. The molecule has 16 heavy (non-hydrogen) atoms. The molecule has 4 nitrogen and oxygen atoms in total. The number of nitrogens with one attached hydrogen (secondary N) is 1. The van der Waals surface area contributed by atoms with Crippen molar-refractivity contribution in [3.63, 3.8) is 0 Å². The SMILES string of the molecule is Cc1c(O)cccc1NC(=O)COC(C)C. The van der Waals surface area contributed by atoms with Gasteiger partial charge in [0.15, 0.2) is 0 Å². The van der Waals surface area contributed by atoms with Crippen LogP contribution in [-0.4, -0.2) is 23.7 Å². The average molecular weight is 223 g/mol. The number of phenols is 1. The van der Waals surface area contributed by atoms with Crippen molar-refractivity contribution < 1.29 is 14.6 Å². The van der Waals surface area contributed by atoms with Crippen molar-refractivity contribution in [1.29, 1.82) is 0 Å². The van der Waals surface area contributed by atoms with Gasteiger partial charge < -0.3 is 15.2 Å². The van der Waals surface area contributed by atoms with Gasteiger partial charge in [0.05, 0.1) is 6.10 Å². The molecule has 1 amide bonds. The maximum Gasteiger partial charge on any atom is 0.250 e. The quantitative estimate of drug-likeness (QED) is 0.821. The Kier molecular flexibility index (Phi) is 4.31. The summed E-state index contributed by atoms with van der Waals surface area (Å²) in [6, 6.07) is 5.00. The van der Waals surface area contributed by atoms with Crippen LogP contribution in [0.25, 0.3) is 0 Å². The minimum absolute atomic E-state index is 0.0206.